The second kappa shape index (κ2) is 2.10. The molecule has 1 saturated heterocycles. The summed E-state index contributed by atoms with van der Waals surface area (Å²) in [5.41, 5.74) is 0.186. The van der Waals surface area contributed by atoms with Crippen LogP contribution in [0.3, 0.4) is 0 Å². The average Bonchev–Trinajstić information content (AvgIpc) is 2.10. The van der Waals surface area contributed by atoms with Crippen LogP contribution in [0.25, 0.3) is 0 Å². The molecule has 1 atom stereocenters. The third kappa shape index (κ3) is 1.52. The van der Waals surface area contributed by atoms with Crippen molar-refractivity contribution in [1.29, 1.82) is 0 Å². The summed E-state index contributed by atoms with van der Waals surface area (Å²) in [5, 5.41) is 3.27. The van der Waals surface area contributed by atoms with Crippen molar-refractivity contribution in [3.63, 3.8) is 0 Å². The standard InChI is InChI=1S/C7H13NO/c1-7(2)3-6(5-9)4-8-7/h5-6,8H,3-4H2,1-2H3/t6-/m1/s1. The molecule has 0 spiro atoms. The highest BCUT2D eigenvalue weighted by Gasteiger charge is 2.29. The van der Waals surface area contributed by atoms with E-state index in [1.165, 1.54) is 0 Å². The number of hydrogen-bond acceptors (Lipinski definition) is 2. The molecule has 0 aromatic carbocycles. The second-order valence-corrected chi connectivity index (χ2v) is 3.37. The summed E-state index contributed by atoms with van der Waals surface area (Å²) < 4.78 is 0. The van der Waals surface area contributed by atoms with Crippen molar-refractivity contribution in [1.82, 2.24) is 5.32 Å². The van der Waals surface area contributed by atoms with Crippen molar-refractivity contribution in [2.45, 2.75) is 25.8 Å². The molecule has 0 radical (unpaired) electrons. The van der Waals surface area contributed by atoms with E-state index < -0.39 is 0 Å². The van der Waals surface area contributed by atoms with Crippen LogP contribution in [0.5, 0.6) is 0 Å². The first kappa shape index (κ1) is 6.75. The van der Waals surface area contributed by atoms with Crippen molar-refractivity contribution < 1.29 is 4.79 Å². The van der Waals surface area contributed by atoms with Crippen LogP contribution in [-0.4, -0.2) is 18.4 Å². The number of hydrogen-bond donors (Lipinski definition) is 1. The molecule has 1 aliphatic heterocycles. The van der Waals surface area contributed by atoms with Crippen LogP contribution in [0.4, 0.5) is 0 Å². The molecule has 1 aliphatic rings. The Morgan fingerprint density at radius 1 is 1.67 bits per heavy atom. The number of carbonyl (C=O) groups excluding carboxylic acids is 1. The average molecular weight is 127 g/mol. The zero-order valence-corrected chi connectivity index (χ0v) is 5.98. The summed E-state index contributed by atoms with van der Waals surface area (Å²) in [5.74, 6) is 0.250. The van der Waals surface area contributed by atoms with Gasteiger partial charge in [-0.25, -0.2) is 0 Å². The third-order valence-electron chi connectivity index (χ3n) is 1.81. The molecule has 2 heteroatoms. The van der Waals surface area contributed by atoms with Crippen LogP contribution >= 0.6 is 0 Å². The molecule has 0 aromatic rings. The topological polar surface area (TPSA) is 29.1 Å². The molecule has 1 N–H and O–H groups in total. The van der Waals surface area contributed by atoms with Crippen molar-refractivity contribution in [3.05, 3.63) is 0 Å². The van der Waals surface area contributed by atoms with Crippen LogP contribution in [0.1, 0.15) is 20.3 Å². The number of rotatable bonds is 1. The summed E-state index contributed by atoms with van der Waals surface area (Å²) in [6.45, 7) is 5.10. The van der Waals surface area contributed by atoms with Gasteiger partial charge < -0.3 is 10.1 Å². The highest BCUT2D eigenvalue weighted by atomic mass is 16.1. The summed E-state index contributed by atoms with van der Waals surface area (Å²) >= 11 is 0. The Balaban J connectivity index is 2.47. The van der Waals surface area contributed by atoms with Gasteiger partial charge >= 0.3 is 0 Å². The van der Waals surface area contributed by atoms with E-state index in [9.17, 15) is 4.79 Å². The molecule has 0 saturated carbocycles. The third-order valence-corrected chi connectivity index (χ3v) is 1.81. The lowest BCUT2D eigenvalue weighted by molar-refractivity contribution is -0.110. The van der Waals surface area contributed by atoms with Crippen LogP contribution in [0, 0.1) is 5.92 Å². The van der Waals surface area contributed by atoms with Crippen LogP contribution in [0.2, 0.25) is 0 Å². The molecule has 1 fully saturated rings. The monoisotopic (exact) mass is 127 g/mol. The fourth-order valence-electron chi connectivity index (χ4n) is 1.30. The van der Waals surface area contributed by atoms with Gasteiger partial charge in [0.15, 0.2) is 0 Å². The Morgan fingerprint density at radius 3 is 2.56 bits per heavy atom. The predicted molar refractivity (Wildman–Crippen MR) is 36.3 cm³/mol. The fraction of sp³-hybridized carbons (Fsp3) is 0.857. The number of carbonyl (C=O) groups is 1. The van der Waals surface area contributed by atoms with Crippen molar-refractivity contribution in [2.24, 2.45) is 5.92 Å². The Kier molecular flexibility index (Phi) is 1.58. The van der Waals surface area contributed by atoms with E-state index in [-0.39, 0.29) is 11.5 Å². The summed E-state index contributed by atoms with van der Waals surface area (Å²) in [6.07, 6.45) is 2.03. The van der Waals surface area contributed by atoms with E-state index in [2.05, 4.69) is 19.2 Å². The van der Waals surface area contributed by atoms with Crippen molar-refractivity contribution in [3.8, 4) is 0 Å². The van der Waals surface area contributed by atoms with E-state index in [0.717, 1.165) is 19.3 Å². The normalized spacial score (nSPS) is 32.4. The van der Waals surface area contributed by atoms with Gasteiger partial charge in [0.05, 0.1) is 0 Å². The maximum atomic E-state index is 10.3. The second-order valence-electron chi connectivity index (χ2n) is 3.37. The highest BCUT2D eigenvalue weighted by Crippen LogP contribution is 2.20. The van der Waals surface area contributed by atoms with Gasteiger partial charge in [0.2, 0.25) is 0 Å². The van der Waals surface area contributed by atoms with Crippen LogP contribution in [-0.2, 0) is 4.79 Å². The molecular formula is C7H13NO. The first-order valence-corrected chi connectivity index (χ1v) is 3.34. The minimum absolute atomic E-state index is 0.186. The minimum Gasteiger partial charge on any atom is -0.311 e. The van der Waals surface area contributed by atoms with Crippen LogP contribution in [0.15, 0.2) is 0 Å². The molecule has 1 rings (SSSR count). The van der Waals surface area contributed by atoms with Crippen molar-refractivity contribution >= 4 is 6.29 Å². The predicted octanol–water partition coefficient (Wildman–Crippen LogP) is 0.573. The molecule has 0 aliphatic carbocycles. The lowest BCUT2D eigenvalue weighted by Crippen LogP contribution is -2.31. The highest BCUT2D eigenvalue weighted by molar-refractivity contribution is 5.54. The fourth-order valence-corrected chi connectivity index (χ4v) is 1.30. The smallest absolute Gasteiger partial charge is 0.124 e. The van der Waals surface area contributed by atoms with E-state index >= 15 is 0 Å². The van der Waals surface area contributed by atoms with Gasteiger partial charge in [-0.2, -0.15) is 0 Å². The Labute approximate surface area is 55.6 Å². The van der Waals surface area contributed by atoms with E-state index in [4.69, 9.17) is 0 Å². The summed E-state index contributed by atoms with van der Waals surface area (Å²) in [4.78, 5) is 10.3. The lowest BCUT2D eigenvalue weighted by atomic mass is 9.98. The molecule has 9 heavy (non-hydrogen) atoms. The molecule has 0 bridgehead atoms. The maximum absolute atomic E-state index is 10.3. The summed E-state index contributed by atoms with van der Waals surface area (Å²) in [7, 11) is 0. The number of aldehydes is 1. The van der Waals surface area contributed by atoms with E-state index in [0.29, 0.717) is 0 Å². The van der Waals surface area contributed by atoms with Gasteiger partial charge in [-0.15, -0.1) is 0 Å². The van der Waals surface area contributed by atoms with Gasteiger partial charge in [0.1, 0.15) is 6.29 Å². The molecule has 0 amide bonds. The SMILES string of the molecule is CC1(C)C[C@@H](C=O)CN1. The van der Waals surface area contributed by atoms with Gasteiger partial charge in [0, 0.05) is 18.0 Å². The first-order chi connectivity index (χ1) is 4.14. The van der Waals surface area contributed by atoms with Gasteiger partial charge in [-0.05, 0) is 20.3 Å². The largest absolute Gasteiger partial charge is 0.311 e. The van der Waals surface area contributed by atoms with Gasteiger partial charge in [-0.1, -0.05) is 0 Å². The zero-order valence-electron chi connectivity index (χ0n) is 5.98. The zero-order chi connectivity index (χ0) is 6.91. The van der Waals surface area contributed by atoms with E-state index in [1.807, 2.05) is 0 Å². The Morgan fingerprint density at radius 2 is 2.33 bits per heavy atom. The first-order valence-electron chi connectivity index (χ1n) is 3.34. The maximum Gasteiger partial charge on any atom is 0.124 e. The number of nitrogens with one attached hydrogen (secondary N) is 1. The molecular weight excluding hydrogens is 114 g/mol. The molecule has 0 unspecified atom stereocenters. The molecule has 1 heterocycles. The Bertz CT molecular complexity index is 120. The van der Waals surface area contributed by atoms with E-state index in [1.54, 1.807) is 0 Å². The van der Waals surface area contributed by atoms with Gasteiger partial charge in [0.25, 0.3) is 0 Å². The van der Waals surface area contributed by atoms with Gasteiger partial charge in [-0.3, -0.25) is 0 Å². The lowest BCUT2D eigenvalue weighted by Gasteiger charge is -2.16. The quantitative estimate of drug-likeness (QED) is 0.522. The van der Waals surface area contributed by atoms with Crippen LogP contribution < -0.4 is 5.32 Å². The molecule has 52 valence electrons. The molecule has 0 aromatic heterocycles. The molecule has 2 nitrogen and oxygen atoms in total. The summed E-state index contributed by atoms with van der Waals surface area (Å²) in [6, 6.07) is 0. The minimum atomic E-state index is 0.186. The Hall–Kier alpha value is -0.370. The van der Waals surface area contributed by atoms with Crippen molar-refractivity contribution in [2.75, 3.05) is 6.54 Å².